The molecule has 0 aromatic rings. The number of carbonyl (C=O) groups excluding carboxylic acids is 1. The number of nitrogens with zero attached hydrogens (tertiary/aromatic N) is 2. The molecule has 0 aliphatic carbocycles. The molecule has 0 radical (unpaired) electrons. The first-order valence-electron chi connectivity index (χ1n) is 4.60. The lowest BCUT2D eigenvalue weighted by Gasteiger charge is -2.14. The molecule has 0 saturated carbocycles. The van der Waals surface area contributed by atoms with Crippen molar-refractivity contribution in [3.05, 3.63) is 0 Å². The summed E-state index contributed by atoms with van der Waals surface area (Å²) in [5.74, 6) is -1.08. The Morgan fingerprint density at radius 2 is 2.20 bits per heavy atom. The van der Waals surface area contributed by atoms with Crippen molar-refractivity contribution in [3.63, 3.8) is 0 Å². The number of aliphatic carboxylic acids is 1. The van der Waals surface area contributed by atoms with Crippen LogP contribution in [0.5, 0.6) is 0 Å². The van der Waals surface area contributed by atoms with E-state index in [4.69, 9.17) is 10.4 Å². The van der Waals surface area contributed by atoms with Crippen molar-refractivity contribution in [1.29, 1.82) is 5.26 Å². The number of nitriles is 1. The van der Waals surface area contributed by atoms with Gasteiger partial charge in [0.15, 0.2) is 0 Å². The molecule has 0 bridgehead atoms. The first-order valence-corrected chi connectivity index (χ1v) is 4.60. The number of carboxylic acids is 1. The van der Waals surface area contributed by atoms with E-state index in [9.17, 15) is 9.59 Å². The van der Waals surface area contributed by atoms with Crippen molar-refractivity contribution in [2.24, 2.45) is 0 Å². The molecule has 0 aromatic carbocycles. The van der Waals surface area contributed by atoms with E-state index in [1.807, 2.05) is 6.07 Å². The summed E-state index contributed by atoms with van der Waals surface area (Å²) in [4.78, 5) is 23.0. The van der Waals surface area contributed by atoms with Crippen LogP contribution >= 0.6 is 0 Å². The van der Waals surface area contributed by atoms with E-state index in [1.165, 1.54) is 0 Å². The van der Waals surface area contributed by atoms with E-state index in [0.29, 0.717) is 13.1 Å². The SMILES string of the molecule is CN(CCC(=O)O)CC(=O)NCCC#N. The average Bonchev–Trinajstić information content (AvgIpc) is 2.15. The monoisotopic (exact) mass is 213 g/mol. The van der Waals surface area contributed by atoms with Crippen molar-refractivity contribution in [2.75, 3.05) is 26.7 Å². The fourth-order valence-corrected chi connectivity index (χ4v) is 0.924. The summed E-state index contributed by atoms with van der Waals surface area (Å²) in [7, 11) is 1.67. The Hall–Kier alpha value is -1.61. The molecule has 1 amide bonds. The molecule has 0 heterocycles. The van der Waals surface area contributed by atoms with Crippen molar-refractivity contribution < 1.29 is 14.7 Å². The van der Waals surface area contributed by atoms with Crippen LogP contribution in [0, 0.1) is 11.3 Å². The molecule has 0 rings (SSSR count). The maximum atomic E-state index is 11.2. The minimum absolute atomic E-state index is 0.0158. The maximum Gasteiger partial charge on any atom is 0.304 e. The lowest BCUT2D eigenvalue weighted by Crippen LogP contribution is -2.36. The predicted octanol–water partition coefficient (Wildman–Crippen LogP) is -0.577. The molecular formula is C9H15N3O3. The molecule has 2 N–H and O–H groups in total. The van der Waals surface area contributed by atoms with Gasteiger partial charge in [-0.05, 0) is 7.05 Å². The molecule has 0 aromatic heterocycles. The summed E-state index contributed by atoms with van der Waals surface area (Å²) in [6, 6.07) is 1.91. The molecule has 0 atom stereocenters. The number of amides is 1. The normalized spacial score (nSPS) is 9.67. The van der Waals surface area contributed by atoms with Crippen molar-refractivity contribution in [2.45, 2.75) is 12.8 Å². The second-order valence-corrected chi connectivity index (χ2v) is 3.14. The van der Waals surface area contributed by atoms with Crippen LogP contribution in [0.3, 0.4) is 0 Å². The second kappa shape index (κ2) is 7.76. The molecular weight excluding hydrogens is 198 g/mol. The Balaban J connectivity index is 3.58. The molecule has 0 unspecified atom stereocenters. The molecule has 84 valence electrons. The molecule has 0 aliphatic heterocycles. The highest BCUT2D eigenvalue weighted by Crippen LogP contribution is 1.87. The molecule has 15 heavy (non-hydrogen) atoms. The van der Waals surface area contributed by atoms with Crippen LogP contribution in [0.2, 0.25) is 0 Å². The molecule has 6 nitrogen and oxygen atoms in total. The van der Waals surface area contributed by atoms with E-state index in [2.05, 4.69) is 5.32 Å². The van der Waals surface area contributed by atoms with E-state index in [1.54, 1.807) is 11.9 Å². The van der Waals surface area contributed by atoms with Crippen LogP contribution in [-0.2, 0) is 9.59 Å². The Labute approximate surface area is 88.5 Å². The highest BCUT2D eigenvalue weighted by molar-refractivity contribution is 5.78. The number of hydrogen-bond acceptors (Lipinski definition) is 4. The van der Waals surface area contributed by atoms with Crippen LogP contribution in [0.25, 0.3) is 0 Å². The first-order chi connectivity index (χ1) is 7.06. The van der Waals surface area contributed by atoms with Gasteiger partial charge < -0.3 is 10.4 Å². The average molecular weight is 213 g/mol. The second-order valence-electron chi connectivity index (χ2n) is 3.14. The quantitative estimate of drug-likeness (QED) is 0.552. The van der Waals surface area contributed by atoms with Gasteiger partial charge in [0.05, 0.1) is 25.5 Å². The molecule has 6 heteroatoms. The van der Waals surface area contributed by atoms with Gasteiger partial charge in [-0.15, -0.1) is 0 Å². The van der Waals surface area contributed by atoms with Gasteiger partial charge in [-0.25, -0.2) is 0 Å². The number of nitrogens with one attached hydrogen (secondary N) is 1. The molecule has 0 spiro atoms. The van der Waals surface area contributed by atoms with Gasteiger partial charge in [0.2, 0.25) is 5.91 Å². The highest BCUT2D eigenvalue weighted by Gasteiger charge is 2.07. The Morgan fingerprint density at radius 3 is 2.73 bits per heavy atom. The topological polar surface area (TPSA) is 93.4 Å². The zero-order valence-corrected chi connectivity index (χ0v) is 8.69. The highest BCUT2D eigenvalue weighted by atomic mass is 16.4. The third kappa shape index (κ3) is 8.71. The van der Waals surface area contributed by atoms with Crippen molar-refractivity contribution in [3.8, 4) is 6.07 Å². The largest absolute Gasteiger partial charge is 0.481 e. The standard InChI is InChI=1S/C9H15N3O3/c1-12(6-3-9(14)15)7-8(13)11-5-2-4-10/h2-3,5-7H2,1H3,(H,11,13)(H,14,15). The Kier molecular flexibility index (Phi) is 6.93. The summed E-state index contributed by atoms with van der Waals surface area (Å²) in [5.41, 5.74) is 0. The molecule has 0 saturated heterocycles. The summed E-state index contributed by atoms with van der Waals surface area (Å²) in [6.45, 7) is 0.821. The molecule has 0 fully saturated rings. The van der Waals surface area contributed by atoms with Gasteiger partial charge in [0.1, 0.15) is 0 Å². The van der Waals surface area contributed by atoms with Crippen molar-refractivity contribution >= 4 is 11.9 Å². The Morgan fingerprint density at radius 1 is 1.53 bits per heavy atom. The summed E-state index contributed by atoms with van der Waals surface area (Å²) >= 11 is 0. The van der Waals surface area contributed by atoms with E-state index >= 15 is 0 Å². The first kappa shape index (κ1) is 13.4. The minimum atomic E-state index is -0.883. The van der Waals surface area contributed by atoms with Gasteiger partial charge in [-0.1, -0.05) is 0 Å². The summed E-state index contributed by atoms with van der Waals surface area (Å²) < 4.78 is 0. The fourth-order valence-electron chi connectivity index (χ4n) is 0.924. The maximum absolute atomic E-state index is 11.2. The van der Waals surface area contributed by atoms with Gasteiger partial charge in [0.25, 0.3) is 0 Å². The smallest absolute Gasteiger partial charge is 0.304 e. The third-order valence-corrected chi connectivity index (χ3v) is 1.68. The zero-order chi connectivity index (χ0) is 11.7. The number of carbonyl (C=O) groups is 2. The lowest BCUT2D eigenvalue weighted by molar-refractivity contribution is -0.137. The number of hydrogen-bond donors (Lipinski definition) is 2. The third-order valence-electron chi connectivity index (χ3n) is 1.68. The number of likely N-dealkylation sites (N-methyl/N-ethyl adjacent to an activating group) is 1. The van der Waals surface area contributed by atoms with E-state index in [-0.39, 0.29) is 25.3 Å². The van der Waals surface area contributed by atoms with Crippen molar-refractivity contribution in [1.82, 2.24) is 10.2 Å². The van der Waals surface area contributed by atoms with E-state index in [0.717, 1.165) is 0 Å². The predicted molar refractivity (Wildman–Crippen MR) is 53.0 cm³/mol. The van der Waals surface area contributed by atoms with Gasteiger partial charge >= 0.3 is 5.97 Å². The van der Waals surface area contributed by atoms with Gasteiger partial charge in [-0.3, -0.25) is 14.5 Å². The van der Waals surface area contributed by atoms with Crippen LogP contribution in [-0.4, -0.2) is 48.6 Å². The van der Waals surface area contributed by atoms with Crippen LogP contribution < -0.4 is 5.32 Å². The van der Waals surface area contributed by atoms with Gasteiger partial charge in [-0.2, -0.15) is 5.26 Å². The van der Waals surface area contributed by atoms with Crippen LogP contribution in [0.15, 0.2) is 0 Å². The summed E-state index contributed by atoms with van der Waals surface area (Å²) in [5, 5.41) is 19.2. The number of carboxylic acid groups (broad SMARTS) is 1. The van der Waals surface area contributed by atoms with Gasteiger partial charge in [0, 0.05) is 13.1 Å². The lowest BCUT2D eigenvalue weighted by atomic mass is 10.4. The van der Waals surface area contributed by atoms with Crippen LogP contribution in [0.1, 0.15) is 12.8 Å². The Bertz CT molecular complexity index is 260. The van der Waals surface area contributed by atoms with Crippen LogP contribution in [0.4, 0.5) is 0 Å². The molecule has 0 aliphatic rings. The summed E-state index contributed by atoms with van der Waals surface area (Å²) in [6.07, 6.45) is 0.298. The zero-order valence-electron chi connectivity index (χ0n) is 8.69. The number of rotatable bonds is 7. The fraction of sp³-hybridized carbons (Fsp3) is 0.667. The van der Waals surface area contributed by atoms with E-state index < -0.39 is 5.97 Å². The minimum Gasteiger partial charge on any atom is -0.481 e.